The topological polar surface area (TPSA) is 55.1 Å². The summed E-state index contributed by atoms with van der Waals surface area (Å²) in [5, 5.41) is 5.45. The van der Waals surface area contributed by atoms with Gasteiger partial charge in [-0.05, 0) is 36.1 Å². The van der Waals surface area contributed by atoms with Crippen LogP contribution in [0.25, 0.3) is 0 Å². The number of benzene rings is 1. The lowest BCUT2D eigenvalue weighted by molar-refractivity contribution is -0.123. The van der Waals surface area contributed by atoms with E-state index in [2.05, 4.69) is 5.32 Å². The molecule has 0 aliphatic carbocycles. The Labute approximate surface area is 121 Å². The van der Waals surface area contributed by atoms with E-state index >= 15 is 0 Å². The number of hydrogen-bond donors (Lipinski definition) is 2. The normalized spacial score (nSPS) is 13.8. The molecule has 0 aliphatic heterocycles. The Morgan fingerprint density at radius 2 is 2.16 bits per heavy atom. The van der Waals surface area contributed by atoms with Gasteiger partial charge in [-0.2, -0.15) is 0 Å². The van der Waals surface area contributed by atoms with E-state index in [0.717, 1.165) is 10.4 Å². The van der Waals surface area contributed by atoms with Gasteiger partial charge in [0, 0.05) is 9.90 Å². The summed E-state index contributed by atoms with van der Waals surface area (Å²) in [6, 6.07) is 10.4. The van der Waals surface area contributed by atoms with Gasteiger partial charge in [-0.25, -0.2) is 0 Å². The number of thiophene rings is 1. The summed E-state index contributed by atoms with van der Waals surface area (Å²) in [6.45, 7) is 1.91. The summed E-state index contributed by atoms with van der Waals surface area (Å²) >= 11 is 7.41. The van der Waals surface area contributed by atoms with Crippen LogP contribution in [0.2, 0.25) is 5.02 Å². The van der Waals surface area contributed by atoms with E-state index in [1.54, 1.807) is 6.07 Å². The van der Waals surface area contributed by atoms with Gasteiger partial charge in [-0.15, -0.1) is 11.3 Å². The van der Waals surface area contributed by atoms with Crippen molar-refractivity contribution in [1.82, 2.24) is 5.32 Å². The number of carbonyl (C=O) groups is 1. The number of nitrogens with one attached hydrogen (secondary N) is 1. The summed E-state index contributed by atoms with van der Waals surface area (Å²) in [6.07, 6.45) is 0. The minimum Gasteiger partial charge on any atom is -0.348 e. The third kappa shape index (κ3) is 3.56. The Hall–Kier alpha value is -1.36. The smallest absolute Gasteiger partial charge is 0.242 e. The second kappa shape index (κ2) is 6.19. The number of amides is 1. The third-order valence-electron chi connectivity index (χ3n) is 2.84. The van der Waals surface area contributed by atoms with Crippen molar-refractivity contribution in [2.75, 3.05) is 0 Å². The Bertz CT molecular complexity index is 556. The zero-order valence-corrected chi connectivity index (χ0v) is 12.0. The molecule has 19 heavy (non-hydrogen) atoms. The molecule has 1 heterocycles. The van der Waals surface area contributed by atoms with E-state index in [1.807, 2.05) is 42.6 Å². The van der Waals surface area contributed by atoms with Crippen LogP contribution in [-0.2, 0) is 4.79 Å². The SMILES string of the molecule is CC(NC(=O)C(N)c1cccs1)c1cccc(Cl)c1. The molecule has 2 rings (SSSR count). The van der Waals surface area contributed by atoms with Gasteiger partial charge >= 0.3 is 0 Å². The van der Waals surface area contributed by atoms with Crippen LogP contribution in [0.4, 0.5) is 0 Å². The van der Waals surface area contributed by atoms with Crippen LogP contribution in [0.5, 0.6) is 0 Å². The zero-order chi connectivity index (χ0) is 13.8. The fraction of sp³-hybridized carbons (Fsp3) is 0.214. The van der Waals surface area contributed by atoms with Crippen molar-refractivity contribution in [2.45, 2.75) is 19.0 Å². The van der Waals surface area contributed by atoms with Gasteiger partial charge in [0.15, 0.2) is 0 Å². The summed E-state index contributed by atoms with van der Waals surface area (Å²) in [5.41, 5.74) is 6.87. The molecule has 2 aromatic rings. The van der Waals surface area contributed by atoms with Crippen LogP contribution >= 0.6 is 22.9 Å². The van der Waals surface area contributed by atoms with E-state index in [9.17, 15) is 4.79 Å². The highest BCUT2D eigenvalue weighted by molar-refractivity contribution is 7.10. The molecule has 3 N–H and O–H groups in total. The summed E-state index contributed by atoms with van der Waals surface area (Å²) in [4.78, 5) is 12.9. The molecule has 0 radical (unpaired) electrons. The van der Waals surface area contributed by atoms with E-state index < -0.39 is 6.04 Å². The van der Waals surface area contributed by atoms with Crippen molar-refractivity contribution in [1.29, 1.82) is 0 Å². The first-order valence-electron chi connectivity index (χ1n) is 5.93. The second-order valence-corrected chi connectivity index (χ2v) is 5.69. The molecule has 3 nitrogen and oxygen atoms in total. The standard InChI is InChI=1S/C14H15ClN2OS/c1-9(10-4-2-5-11(15)8-10)17-14(18)13(16)12-6-3-7-19-12/h2-9,13H,16H2,1H3,(H,17,18). The molecule has 2 unspecified atom stereocenters. The first-order chi connectivity index (χ1) is 9.08. The van der Waals surface area contributed by atoms with E-state index in [1.165, 1.54) is 11.3 Å². The molecule has 100 valence electrons. The van der Waals surface area contributed by atoms with E-state index in [4.69, 9.17) is 17.3 Å². The summed E-state index contributed by atoms with van der Waals surface area (Å²) in [7, 11) is 0. The molecule has 1 aromatic carbocycles. The highest BCUT2D eigenvalue weighted by Gasteiger charge is 2.19. The summed E-state index contributed by atoms with van der Waals surface area (Å²) in [5.74, 6) is -0.185. The van der Waals surface area contributed by atoms with Gasteiger partial charge in [0.05, 0.1) is 6.04 Å². The van der Waals surface area contributed by atoms with Crippen LogP contribution in [0.15, 0.2) is 41.8 Å². The van der Waals surface area contributed by atoms with E-state index in [0.29, 0.717) is 5.02 Å². The average molecular weight is 295 g/mol. The molecule has 0 saturated carbocycles. The maximum Gasteiger partial charge on any atom is 0.242 e. The van der Waals surface area contributed by atoms with Crippen molar-refractivity contribution in [3.05, 3.63) is 57.2 Å². The van der Waals surface area contributed by atoms with Gasteiger partial charge < -0.3 is 11.1 Å². The highest BCUT2D eigenvalue weighted by Crippen LogP contribution is 2.20. The first kappa shape index (κ1) is 14.1. The lowest BCUT2D eigenvalue weighted by Crippen LogP contribution is -2.35. The molecular weight excluding hydrogens is 280 g/mol. The predicted octanol–water partition coefficient (Wildman–Crippen LogP) is 3.28. The van der Waals surface area contributed by atoms with Crippen LogP contribution in [0, 0.1) is 0 Å². The minimum atomic E-state index is -0.623. The van der Waals surface area contributed by atoms with Crippen LogP contribution in [0.1, 0.15) is 29.4 Å². The molecule has 1 amide bonds. The molecule has 2 atom stereocenters. The Balaban J connectivity index is 2.03. The number of hydrogen-bond acceptors (Lipinski definition) is 3. The van der Waals surface area contributed by atoms with Crippen molar-refractivity contribution < 1.29 is 4.79 Å². The molecule has 0 aliphatic rings. The lowest BCUT2D eigenvalue weighted by Gasteiger charge is -2.17. The molecule has 0 fully saturated rings. The number of halogens is 1. The van der Waals surface area contributed by atoms with Crippen LogP contribution in [0.3, 0.4) is 0 Å². The lowest BCUT2D eigenvalue weighted by atomic mass is 10.1. The highest BCUT2D eigenvalue weighted by atomic mass is 35.5. The van der Waals surface area contributed by atoms with Gasteiger partial charge in [-0.3, -0.25) is 4.79 Å². The van der Waals surface area contributed by atoms with Crippen LogP contribution in [-0.4, -0.2) is 5.91 Å². The fourth-order valence-electron chi connectivity index (χ4n) is 1.76. The Morgan fingerprint density at radius 3 is 2.79 bits per heavy atom. The maximum atomic E-state index is 12.0. The van der Waals surface area contributed by atoms with Crippen LogP contribution < -0.4 is 11.1 Å². The quantitative estimate of drug-likeness (QED) is 0.909. The first-order valence-corrected chi connectivity index (χ1v) is 7.18. The van der Waals surface area contributed by atoms with Crippen molar-refractivity contribution in [3.8, 4) is 0 Å². The van der Waals surface area contributed by atoms with Gasteiger partial charge in [-0.1, -0.05) is 29.8 Å². The van der Waals surface area contributed by atoms with Gasteiger partial charge in [0.25, 0.3) is 0 Å². The number of nitrogens with two attached hydrogens (primary N) is 1. The second-order valence-electron chi connectivity index (χ2n) is 4.28. The molecule has 0 spiro atoms. The molecule has 0 saturated heterocycles. The number of rotatable bonds is 4. The van der Waals surface area contributed by atoms with Crippen molar-refractivity contribution in [2.24, 2.45) is 5.73 Å². The van der Waals surface area contributed by atoms with Gasteiger partial charge in [0.1, 0.15) is 6.04 Å². The minimum absolute atomic E-state index is 0.128. The monoisotopic (exact) mass is 294 g/mol. The van der Waals surface area contributed by atoms with E-state index in [-0.39, 0.29) is 11.9 Å². The largest absolute Gasteiger partial charge is 0.348 e. The third-order valence-corrected chi connectivity index (χ3v) is 4.03. The molecule has 0 bridgehead atoms. The fourth-order valence-corrected chi connectivity index (χ4v) is 2.68. The molecular formula is C14H15ClN2OS. The van der Waals surface area contributed by atoms with Crippen molar-refractivity contribution >= 4 is 28.8 Å². The zero-order valence-electron chi connectivity index (χ0n) is 10.5. The maximum absolute atomic E-state index is 12.0. The summed E-state index contributed by atoms with van der Waals surface area (Å²) < 4.78 is 0. The Kier molecular flexibility index (Phi) is 4.58. The molecule has 5 heteroatoms. The Morgan fingerprint density at radius 1 is 1.37 bits per heavy atom. The van der Waals surface area contributed by atoms with Crippen molar-refractivity contribution in [3.63, 3.8) is 0 Å². The predicted molar refractivity (Wildman–Crippen MR) is 79.3 cm³/mol. The average Bonchev–Trinajstić information content (AvgIpc) is 2.91. The number of carbonyl (C=O) groups excluding carboxylic acids is 1. The molecule has 1 aromatic heterocycles. The van der Waals surface area contributed by atoms with Gasteiger partial charge in [0.2, 0.25) is 5.91 Å².